The van der Waals surface area contributed by atoms with Crippen LogP contribution in [0.3, 0.4) is 0 Å². The molecule has 0 spiro atoms. The van der Waals surface area contributed by atoms with E-state index in [0.29, 0.717) is 24.5 Å². The second kappa shape index (κ2) is 9.55. The van der Waals surface area contributed by atoms with E-state index in [0.717, 1.165) is 5.56 Å². The van der Waals surface area contributed by atoms with Gasteiger partial charge in [0.1, 0.15) is 17.2 Å². The number of ether oxygens (including phenoxy) is 2. The zero-order valence-electron chi connectivity index (χ0n) is 13.3. The number of carbonyl (C=O) groups is 1. The van der Waals surface area contributed by atoms with Crippen molar-refractivity contribution < 1.29 is 19.4 Å². The predicted octanol–water partition coefficient (Wildman–Crippen LogP) is 5.42. The molecule has 0 saturated carbocycles. The van der Waals surface area contributed by atoms with Gasteiger partial charge in [-0.05, 0) is 71.5 Å². The van der Waals surface area contributed by atoms with Crippen molar-refractivity contribution >= 4 is 74.3 Å². The van der Waals surface area contributed by atoms with Crippen molar-refractivity contribution in [2.24, 2.45) is 0 Å². The zero-order chi connectivity index (χ0) is 18.4. The lowest BCUT2D eigenvalue weighted by atomic mass is 10.1. The van der Waals surface area contributed by atoms with E-state index in [1.807, 2.05) is 25.6 Å². The molecule has 0 fully saturated rings. The molecule has 0 saturated heterocycles. The Morgan fingerprint density at radius 1 is 1.08 bits per heavy atom. The normalized spacial score (nSPS) is 13.3. The van der Waals surface area contributed by atoms with Crippen LogP contribution in [0.2, 0.25) is 0 Å². The highest BCUT2D eigenvalue weighted by Gasteiger charge is 2.41. The Bertz CT molecular complexity index is 707. The van der Waals surface area contributed by atoms with Crippen LogP contribution in [0.4, 0.5) is 0 Å². The molecule has 0 heterocycles. The van der Waals surface area contributed by atoms with Gasteiger partial charge >= 0.3 is 5.97 Å². The standard InChI is InChI=1S/C17H16I3NO4/c1-2-24-16(23)17(18,21(19)20)11-12-3-7-14(8-4-12)25-15-9-5-13(22)6-10-15/h3-10,22H,2,11H2,1H3. The summed E-state index contributed by atoms with van der Waals surface area (Å²) in [4.78, 5) is 12.3. The summed E-state index contributed by atoms with van der Waals surface area (Å²) >= 11 is 6.32. The van der Waals surface area contributed by atoms with Crippen molar-refractivity contribution in [1.29, 1.82) is 0 Å². The van der Waals surface area contributed by atoms with Gasteiger partial charge in [0.2, 0.25) is 0 Å². The van der Waals surface area contributed by atoms with Crippen LogP contribution in [0.1, 0.15) is 12.5 Å². The lowest BCUT2D eigenvalue weighted by molar-refractivity contribution is -0.146. The molecule has 0 aromatic heterocycles. The molecule has 25 heavy (non-hydrogen) atoms. The SMILES string of the molecule is CCOC(=O)C(I)(Cc1ccc(Oc2ccc(O)cc2)cc1)N(I)I. The first-order valence-electron chi connectivity index (χ1n) is 7.39. The van der Waals surface area contributed by atoms with Crippen molar-refractivity contribution in [3.63, 3.8) is 0 Å². The summed E-state index contributed by atoms with van der Waals surface area (Å²) in [5.41, 5.74) is 0.999. The number of nitrogens with zero attached hydrogens (tertiary/aromatic N) is 1. The van der Waals surface area contributed by atoms with Gasteiger partial charge in [-0.1, -0.05) is 12.1 Å². The average Bonchev–Trinajstić information content (AvgIpc) is 2.58. The number of phenols is 1. The maximum atomic E-state index is 12.3. The lowest BCUT2D eigenvalue weighted by Gasteiger charge is -2.28. The van der Waals surface area contributed by atoms with E-state index in [1.54, 1.807) is 31.2 Å². The number of rotatable bonds is 7. The van der Waals surface area contributed by atoms with Crippen LogP contribution in [0.15, 0.2) is 48.5 Å². The van der Waals surface area contributed by atoms with Gasteiger partial charge in [0.15, 0.2) is 3.55 Å². The molecule has 2 rings (SSSR count). The highest BCUT2D eigenvalue weighted by atomic mass is 127. The van der Waals surface area contributed by atoms with Crippen molar-refractivity contribution in [3.8, 4) is 17.2 Å². The number of esters is 1. The largest absolute Gasteiger partial charge is 0.508 e. The van der Waals surface area contributed by atoms with Crippen LogP contribution < -0.4 is 4.74 Å². The fourth-order valence-corrected chi connectivity index (χ4v) is 3.37. The molecule has 0 radical (unpaired) electrons. The molecule has 0 aliphatic heterocycles. The van der Waals surface area contributed by atoms with Crippen molar-refractivity contribution in [2.45, 2.75) is 16.9 Å². The first kappa shape index (κ1) is 21.0. The first-order valence-corrected chi connectivity index (χ1v) is 10.4. The minimum Gasteiger partial charge on any atom is -0.508 e. The van der Waals surface area contributed by atoms with Crippen LogP contribution in [-0.4, -0.2) is 22.6 Å². The Balaban J connectivity index is 2.10. The molecule has 0 bridgehead atoms. The summed E-state index contributed by atoms with van der Waals surface area (Å²) in [5, 5.41) is 9.30. The number of aromatic hydroxyl groups is 1. The molecular weight excluding hydrogens is 663 g/mol. The predicted molar refractivity (Wildman–Crippen MR) is 122 cm³/mol. The molecule has 0 aliphatic rings. The second-order valence-corrected chi connectivity index (χ2v) is 10.7. The summed E-state index contributed by atoms with van der Waals surface area (Å²) in [6.07, 6.45) is 0.512. The number of phenolic OH excluding ortho intramolecular Hbond substituents is 1. The summed E-state index contributed by atoms with van der Waals surface area (Å²) in [5.74, 6) is 1.27. The molecule has 0 aliphatic carbocycles. The Hall–Kier alpha value is -0.340. The molecule has 134 valence electrons. The summed E-state index contributed by atoms with van der Waals surface area (Å²) in [6.45, 7) is 2.15. The maximum Gasteiger partial charge on any atom is 0.338 e. The molecular formula is C17H16I3NO4. The van der Waals surface area contributed by atoms with Crippen LogP contribution in [0.25, 0.3) is 0 Å². The van der Waals surface area contributed by atoms with Gasteiger partial charge in [-0.2, -0.15) is 1.33 Å². The van der Waals surface area contributed by atoms with Gasteiger partial charge < -0.3 is 14.6 Å². The number of hydrogen-bond acceptors (Lipinski definition) is 5. The highest BCUT2D eigenvalue weighted by molar-refractivity contribution is 14.2. The molecule has 8 heteroatoms. The number of alkyl halides is 1. The third-order valence-electron chi connectivity index (χ3n) is 3.29. The van der Waals surface area contributed by atoms with Crippen LogP contribution in [-0.2, 0) is 16.0 Å². The maximum absolute atomic E-state index is 12.3. The molecule has 0 amide bonds. The number of benzene rings is 2. The molecule has 1 atom stereocenters. The minimum atomic E-state index is -0.784. The average molecular weight is 679 g/mol. The number of carbonyl (C=O) groups excluding carboxylic acids is 1. The minimum absolute atomic E-state index is 0.196. The third kappa shape index (κ3) is 5.82. The summed E-state index contributed by atoms with van der Waals surface area (Å²) in [6, 6.07) is 14.1. The van der Waals surface area contributed by atoms with Gasteiger partial charge in [-0.15, -0.1) is 0 Å². The Morgan fingerprint density at radius 3 is 2.08 bits per heavy atom. The monoisotopic (exact) mass is 679 g/mol. The zero-order valence-corrected chi connectivity index (χ0v) is 19.8. The van der Waals surface area contributed by atoms with E-state index < -0.39 is 3.55 Å². The van der Waals surface area contributed by atoms with E-state index in [-0.39, 0.29) is 11.7 Å². The molecule has 1 N–H and O–H groups in total. The number of halogens is 3. The quantitative estimate of drug-likeness (QED) is 0.139. The van der Waals surface area contributed by atoms with E-state index in [4.69, 9.17) is 9.47 Å². The van der Waals surface area contributed by atoms with Crippen LogP contribution in [0, 0.1) is 0 Å². The molecule has 2 aromatic rings. The van der Waals surface area contributed by atoms with Gasteiger partial charge in [0, 0.05) is 52.1 Å². The van der Waals surface area contributed by atoms with E-state index in [9.17, 15) is 9.90 Å². The van der Waals surface area contributed by atoms with Crippen molar-refractivity contribution in [2.75, 3.05) is 6.61 Å². The van der Waals surface area contributed by atoms with Gasteiger partial charge in [0.05, 0.1) is 6.61 Å². The topological polar surface area (TPSA) is 59.0 Å². The molecule has 5 nitrogen and oxygen atoms in total. The second-order valence-electron chi connectivity index (χ2n) is 5.13. The Labute approximate surface area is 188 Å². The van der Waals surface area contributed by atoms with Crippen LogP contribution in [0.5, 0.6) is 17.2 Å². The Morgan fingerprint density at radius 2 is 1.60 bits per heavy atom. The van der Waals surface area contributed by atoms with E-state index >= 15 is 0 Å². The van der Waals surface area contributed by atoms with Gasteiger partial charge in [-0.25, -0.2) is 4.79 Å². The van der Waals surface area contributed by atoms with Crippen LogP contribution >= 0.6 is 68.3 Å². The Kier molecular flexibility index (Phi) is 8.01. The fraction of sp³-hybridized carbons (Fsp3) is 0.235. The summed E-state index contributed by atoms with van der Waals surface area (Å²) in [7, 11) is 0. The van der Waals surface area contributed by atoms with Crippen molar-refractivity contribution in [3.05, 3.63) is 54.1 Å². The number of hydrogen-bond donors (Lipinski definition) is 1. The van der Waals surface area contributed by atoms with Gasteiger partial charge in [-0.3, -0.25) is 0 Å². The van der Waals surface area contributed by atoms with E-state index in [2.05, 4.69) is 68.3 Å². The third-order valence-corrected chi connectivity index (χ3v) is 8.09. The smallest absolute Gasteiger partial charge is 0.338 e. The molecule has 1 unspecified atom stereocenters. The van der Waals surface area contributed by atoms with Crippen molar-refractivity contribution in [1.82, 2.24) is 1.33 Å². The lowest BCUT2D eigenvalue weighted by Crippen LogP contribution is -2.43. The fourth-order valence-electron chi connectivity index (χ4n) is 2.04. The first-order chi connectivity index (χ1) is 11.8. The highest BCUT2D eigenvalue weighted by Crippen LogP contribution is 2.36. The molecule has 2 aromatic carbocycles. The summed E-state index contributed by atoms with van der Waals surface area (Å²) < 4.78 is 12.0. The van der Waals surface area contributed by atoms with E-state index in [1.165, 1.54) is 0 Å². The van der Waals surface area contributed by atoms with Gasteiger partial charge in [0.25, 0.3) is 0 Å².